The van der Waals surface area contributed by atoms with Crippen molar-refractivity contribution in [1.29, 1.82) is 0 Å². The van der Waals surface area contributed by atoms with Crippen molar-refractivity contribution in [3.63, 3.8) is 0 Å². The summed E-state index contributed by atoms with van der Waals surface area (Å²) in [6.07, 6.45) is 5.48. The Hall–Kier alpha value is -1.74. The molecule has 1 saturated carbocycles. The number of fused-ring (bicyclic) bond motifs is 1. The first kappa shape index (κ1) is 21.1. The van der Waals surface area contributed by atoms with Crippen LogP contribution in [-0.4, -0.2) is 46.3 Å². The van der Waals surface area contributed by atoms with E-state index in [4.69, 9.17) is 4.98 Å². The number of piperidine rings is 1. The molecule has 5 rings (SSSR count). The van der Waals surface area contributed by atoms with Crippen LogP contribution >= 0.6 is 11.3 Å². The number of nitrogens with zero attached hydrogens (tertiary/aromatic N) is 4. The Bertz CT molecular complexity index is 1140. The Balaban J connectivity index is 1.45. The predicted octanol–water partition coefficient (Wildman–Crippen LogP) is 4.46. The monoisotopic (exact) mass is 458 g/mol. The summed E-state index contributed by atoms with van der Waals surface area (Å²) in [7, 11) is -3.45. The largest absolute Gasteiger partial charge is 0.327 e. The summed E-state index contributed by atoms with van der Waals surface area (Å²) in [5, 5.41) is 2.13. The van der Waals surface area contributed by atoms with E-state index in [-0.39, 0.29) is 0 Å². The van der Waals surface area contributed by atoms with Gasteiger partial charge in [0.2, 0.25) is 10.0 Å². The van der Waals surface area contributed by atoms with Gasteiger partial charge < -0.3 is 4.57 Å². The highest BCUT2D eigenvalue weighted by atomic mass is 32.2. The Morgan fingerprint density at radius 1 is 1.13 bits per heavy atom. The minimum absolute atomic E-state index is 0.367. The predicted molar refractivity (Wildman–Crippen MR) is 125 cm³/mol. The van der Waals surface area contributed by atoms with Crippen molar-refractivity contribution < 1.29 is 8.42 Å². The quantitative estimate of drug-likeness (QED) is 0.500. The van der Waals surface area contributed by atoms with Gasteiger partial charge in [-0.1, -0.05) is 12.5 Å². The molecule has 2 fully saturated rings. The molecule has 0 amide bonds. The van der Waals surface area contributed by atoms with E-state index in [0.29, 0.717) is 24.0 Å². The average molecular weight is 459 g/mol. The molecule has 1 aliphatic heterocycles. The van der Waals surface area contributed by atoms with E-state index in [1.165, 1.54) is 17.7 Å². The molecule has 1 aliphatic carbocycles. The maximum absolute atomic E-state index is 13.1. The van der Waals surface area contributed by atoms with Crippen LogP contribution in [0.5, 0.6) is 0 Å². The molecule has 1 aromatic carbocycles. The molecule has 0 unspecified atom stereocenters. The lowest BCUT2D eigenvalue weighted by Crippen LogP contribution is -2.35. The van der Waals surface area contributed by atoms with Gasteiger partial charge in [-0.3, -0.25) is 4.90 Å². The maximum atomic E-state index is 13.1. The van der Waals surface area contributed by atoms with Crippen LogP contribution in [0.3, 0.4) is 0 Å². The zero-order chi connectivity index (χ0) is 21.4. The van der Waals surface area contributed by atoms with E-state index in [1.54, 1.807) is 27.8 Å². The van der Waals surface area contributed by atoms with E-state index in [0.717, 1.165) is 55.8 Å². The van der Waals surface area contributed by atoms with E-state index in [1.807, 2.05) is 6.07 Å². The van der Waals surface area contributed by atoms with Crippen LogP contribution in [-0.2, 0) is 29.7 Å². The lowest BCUT2D eigenvalue weighted by atomic mass is 10.2. The lowest BCUT2D eigenvalue weighted by Gasteiger charge is -2.25. The van der Waals surface area contributed by atoms with Crippen LogP contribution in [0.15, 0.2) is 40.6 Å². The molecule has 0 radical (unpaired) electrons. The summed E-state index contributed by atoms with van der Waals surface area (Å²) in [6, 6.07) is 10.4. The topological polar surface area (TPSA) is 58.4 Å². The van der Waals surface area contributed by atoms with Crippen LogP contribution < -0.4 is 0 Å². The summed E-state index contributed by atoms with van der Waals surface area (Å²) in [5.74, 6) is 1.02. The van der Waals surface area contributed by atoms with Gasteiger partial charge in [-0.05, 0) is 62.3 Å². The summed E-state index contributed by atoms with van der Waals surface area (Å²) < 4.78 is 30.1. The molecule has 2 aliphatic rings. The van der Waals surface area contributed by atoms with E-state index < -0.39 is 10.0 Å². The van der Waals surface area contributed by atoms with Crippen molar-refractivity contribution in [2.24, 2.45) is 0 Å². The summed E-state index contributed by atoms with van der Waals surface area (Å²) in [4.78, 5) is 9.19. The van der Waals surface area contributed by atoms with Crippen LogP contribution in [0.2, 0.25) is 0 Å². The van der Waals surface area contributed by atoms with Crippen LogP contribution in [0.1, 0.15) is 49.7 Å². The fourth-order valence-electron chi connectivity index (χ4n) is 4.59. The molecule has 3 aromatic rings. The Morgan fingerprint density at radius 2 is 1.94 bits per heavy atom. The first-order valence-corrected chi connectivity index (χ1v) is 13.6. The number of rotatable bonds is 8. The second-order valence-electron chi connectivity index (χ2n) is 8.60. The maximum Gasteiger partial charge on any atom is 0.243 e. The fourth-order valence-corrected chi connectivity index (χ4v) is 6.85. The van der Waals surface area contributed by atoms with Gasteiger partial charge in [0.05, 0.1) is 22.5 Å². The third-order valence-corrected chi connectivity index (χ3v) is 9.17. The molecule has 0 bridgehead atoms. The third-order valence-electron chi connectivity index (χ3n) is 6.41. The van der Waals surface area contributed by atoms with Crippen LogP contribution in [0.25, 0.3) is 11.0 Å². The van der Waals surface area contributed by atoms with Crippen LogP contribution in [0.4, 0.5) is 0 Å². The lowest BCUT2D eigenvalue weighted by molar-refractivity contribution is 0.238. The van der Waals surface area contributed by atoms with Crippen LogP contribution in [0, 0.1) is 0 Å². The van der Waals surface area contributed by atoms with Crippen molar-refractivity contribution in [1.82, 2.24) is 18.8 Å². The van der Waals surface area contributed by atoms with Gasteiger partial charge in [0, 0.05) is 37.1 Å². The number of aromatic nitrogens is 2. The molecule has 8 heteroatoms. The zero-order valence-electron chi connectivity index (χ0n) is 18.0. The van der Waals surface area contributed by atoms with Crippen molar-refractivity contribution >= 4 is 32.4 Å². The minimum atomic E-state index is -3.45. The highest BCUT2D eigenvalue weighted by molar-refractivity contribution is 7.89. The highest BCUT2D eigenvalue weighted by Crippen LogP contribution is 2.32. The molecule has 6 nitrogen and oxygen atoms in total. The molecule has 1 saturated heterocycles. The third kappa shape index (κ3) is 4.31. The molecule has 0 N–H and O–H groups in total. The number of benzene rings is 1. The molecule has 0 atom stereocenters. The number of imidazole rings is 1. The first-order chi connectivity index (χ1) is 15.1. The van der Waals surface area contributed by atoms with E-state index >= 15 is 0 Å². The normalized spacial score (nSPS) is 18.3. The molecule has 166 valence electrons. The molecule has 2 aromatic heterocycles. The van der Waals surface area contributed by atoms with Gasteiger partial charge in [-0.25, -0.2) is 13.4 Å². The second kappa shape index (κ2) is 8.65. The minimum Gasteiger partial charge on any atom is -0.327 e. The zero-order valence-corrected chi connectivity index (χ0v) is 19.7. The van der Waals surface area contributed by atoms with Gasteiger partial charge in [0.15, 0.2) is 0 Å². The molecule has 31 heavy (non-hydrogen) atoms. The van der Waals surface area contributed by atoms with Crippen molar-refractivity contribution in [3.05, 3.63) is 46.4 Å². The van der Waals surface area contributed by atoms with Crippen molar-refractivity contribution in [2.45, 2.75) is 69.6 Å². The van der Waals surface area contributed by atoms with Gasteiger partial charge in [0.1, 0.15) is 5.82 Å². The molecular weight excluding hydrogens is 428 g/mol. The Kier molecular flexibility index (Phi) is 5.90. The molecule has 3 heterocycles. The number of hydrogen-bond acceptors (Lipinski definition) is 5. The summed E-state index contributed by atoms with van der Waals surface area (Å²) in [5.41, 5.74) is 1.80. The van der Waals surface area contributed by atoms with E-state index in [2.05, 4.69) is 33.9 Å². The Labute approximate surface area is 188 Å². The fraction of sp³-hybridized carbons (Fsp3) is 0.522. The first-order valence-electron chi connectivity index (χ1n) is 11.3. The number of sulfonamides is 1. The van der Waals surface area contributed by atoms with Crippen molar-refractivity contribution in [2.75, 3.05) is 13.1 Å². The van der Waals surface area contributed by atoms with Gasteiger partial charge >= 0.3 is 0 Å². The standard InChI is InChI=1S/C23H30N4O2S2/c1-2-27-22-11-10-20(31(28,29)26-12-4-3-5-13-26)15-21(22)24-23(27)17-25(18-8-9-18)16-19-7-6-14-30-19/h6-7,10-11,14-15,18H,2-5,8-9,12-13,16-17H2,1H3. The smallest absolute Gasteiger partial charge is 0.243 e. The van der Waals surface area contributed by atoms with Crippen molar-refractivity contribution in [3.8, 4) is 0 Å². The van der Waals surface area contributed by atoms with E-state index in [9.17, 15) is 8.42 Å². The van der Waals surface area contributed by atoms with Gasteiger partial charge in [-0.15, -0.1) is 11.3 Å². The number of thiophene rings is 1. The summed E-state index contributed by atoms with van der Waals surface area (Å²) >= 11 is 1.80. The highest BCUT2D eigenvalue weighted by Gasteiger charge is 2.31. The molecular formula is C23H30N4O2S2. The number of aryl methyl sites for hydroxylation is 1. The summed E-state index contributed by atoms with van der Waals surface area (Å²) in [6.45, 7) is 5.93. The van der Waals surface area contributed by atoms with Gasteiger partial charge in [0.25, 0.3) is 0 Å². The average Bonchev–Trinajstić information content (AvgIpc) is 3.40. The SMILES string of the molecule is CCn1c(CN(Cc2cccs2)C2CC2)nc2cc(S(=O)(=O)N3CCCCC3)ccc21. The van der Waals surface area contributed by atoms with Gasteiger partial charge in [-0.2, -0.15) is 4.31 Å². The molecule has 0 spiro atoms. The second-order valence-corrected chi connectivity index (χ2v) is 11.6. The number of hydrogen-bond donors (Lipinski definition) is 0. The Morgan fingerprint density at radius 3 is 2.61 bits per heavy atom.